The SMILES string of the molecule is O=C(c1nn(-c2ccccc2)c2c1CS(=O)(=O)c1ccc(F)cc1-2)N1CCOCC1. The molecule has 30 heavy (non-hydrogen) atoms. The summed E-state index contributed by atoms with van der Waals surface area (Å²) in [5, 5.41) is 4.53. The van der Waals surface area contributed by atoms with Crippen LogP contribution in [0.5, 0.6) is 0 Å². The zero-order valence-electron chi connectivity index (χ0n) is 15.9. The average Bonchev–Trinajstić information content (AvgIpc) is 3.13. The van der Waals surface area contributed by atoms with Crippen LogP contribution < -0.4 is 0 Å². The first-order chi connectivity index (χ1) is 14.5. The molecule has 9 heteroatoms. The maximum absolute atomic E-state index is 14.1. The van der Waals surface area contributed by atoms with Crippen LogP contribution in [0, 0.1) is 5.82 Å². The van der Waals surface area contributed by atoms with Crippen molar-refractivity contribution in [1.29, 1.82) is 0 Å². The first-order valence-electron chi connectivity index (χ1n) is 9.53. The Kier molecular flexibility index (Phi) is 4.44. The molecule has 2 aliphatic heterocycles. The second-order valence-electron chi connectivity index (χ2n) is 7.23. The Balaban J connectivity index is 1.77. The number of para-hydroxylation sites is 1. The van der Waals surface area contributed by atoms with Gasteiger partial charge in [-0.1, -0.05) is 18.2 Å². The molecule has 0 atom stereocenters. The summed E-state index contributed by atoms with van der Waals surface area (Å²) in [7, 11) is -3.74. The van der Waals surface area contributed by atoms with Gasteiger partial charge in [0.2, 0.25) is 0 Å². The van der Waals surface area contributed by atoms with Crippen LogP contribution in [0.15, 0.2) is 53.4 Å². The zero-order chi connectivity index (χ0) is 20.9. The molecule has 154 valence electrons. The van der Waals surface area contributed by atoms with Crippen molar-refractivity contribution in [2.75, 3.05) is 26.3 Å². The number of hydrogen-bond donors (Lipinski definition) is 0. The lowest BCUT2D eigenvalue weighted by Gasteiger charge is -2.26. The van der Waals surface area contributed by atoms with E-state index in [0.29, 0.717) is 43.2 Å². The normalized spacial score (nSPS) is 17.3. The summed E-state index contributed by atoms with van der Waals surface area (Å²) in [4.78, 5) is 14.9. The Morgan fingerprint density at radius 1 is 1.07 bits per heavy atom. The number of rotatable bonds is 2. The van der Waals surface area contributed by atoms with Gasteiger partial charge in [0.1, 0.15) is 5.82 Å². The molecule has 1 amide bonds. The van der Waals surface area contributed by atoms with Crippen LogP contribution in [0.25, 0.3) is 16.9 Å². The molecule has 5 rings (SSSR count). The second kappa shape index (κ2) is 7.03. The van der Waals surface area contributed by atoms with Crippen LogP contribution in [0.3, 0.4) is 0 Å². The van der Waals surface area contributed by atoms with E-state index in [1.165, 1.54) is 16.8 Å². The summed E-state index contributed by atoms with van der Waals surface area (Å²) in [6, 6.07) is 12.7. The third kappa shape index (κ3) is 3.01. The number of amides is 1. The molecule has 3 aromatic rings. The van der Waals surface area contributed by atoms with E-state index in [-0.39, 0.29) is 27.8 Å². The standard InChI is InChI=1S/C21H18FN3O4S/c22-14-6-7-18-16(12-14)20-17(13-30(18,27)28)19(21(26)24-8-10-29-11-9-24)23-25(20)15-4-2-1-3-5-15/h1-7,12H,8-11,13H2. The Hall–Kier alpha value is -3.04. The van der Waals surface area contributed by atoms with Gasteiger partial charge in [-0.25, -0.2) is 17.5 Å². The minimum Gasteiger partial charge on any atom is -0.378 e. The van der Waals surface area contributed by atoms with Gasteiger partial charge in [0.25, 0.3) is 5.91 Å². The molecule has 0 spiro atoms. The van der Waals surface area contributed by atoms with Gasteiger partial charge in [-0.2, -0.15) is 5.10 Å². The lowest BCUT2D eigenvalue weighted by molar-refractivity contribution is 0.0298. The first kappa shape index (κ1) is 19.0. The largest absolute Gasteiger partial charge is 0.378 e. The van der Waals surface area contributed by atoms with Crippen molar-refractivity contribution in [3.8, 4) is 16.9 Å². The number of fused-ring (bicyclic) bond motifs is 3. The lowest BCUT2D eigenvalue weighted by atomic mass is 10.0. The van der Waals surface area contributed by atoms with E-state index in [0.717, 1.165) is 6.07 Å². The fourth-order valence-corrected chi connectivity index (χ4v) is 5.51. The number of nitrogens with zero attached hydrogens (tertiary/aromatic N) is 3. The summed E-state index contributed by atoms with van der Waals surface area (Å²) >= 11 is 0. The topological polar surface area (TPSA) is 81.5 Å². The van der Waals surface area contributed by atoms with Gasteiger partial charge in [0.05, 0.1) is 35.2 Å². The number of morpholine rings is 1. The summed E-state index contributed by atoms with van der Waals surface area (Å²) < 4.78 is 46.8. The fraction of sp³-hybridized carbons (Fsp3) is 0.238. The van der Waals surface area contributed by atoms with Crippen molar-refractivity contribution < 1.29 is 22.3 Å². The maximum Gasteiger partial charge on any atom is 0.274 e. The van der Waals surface area contributed by atoms with Crippen molar-refractivity contribution in [3.05, 3.63) is 65.6 Å². The van der Waals surface area contributed by atoms with Crippen LogP contribution in [0.2, 0.25) is 0 Å². The molecule has 0 radical (unpaired) electrons. The van der Waals surface area contributed by atoms with Crippen molar-refractivity contribution in [3.63, 3.8) is 0 Å². The highest BCUT2D eigenvalue weighted by Crippen LogP contribution is 2.41. The maximum atomic E-state index is 14.1. The molecule has 2 aliphatic rings. The van der Waals surface area contributed by atoms with Gasteiger partial charge in [0.15, 0.2) is 15.5 Å². The number of hydrogen-bond acceptors (Lipinski definition) is 5. The highest BCUT2D eigenvalue weighted by Gasteiger charge is 2.37. The van der Waals surface area contributed by atoms with Crippen molar-refractivity contribution >= 4 is 15.7 Å². The van der Waals surface area contributed by atoms with Gasteiger partial charge in [-0.05, 0) is 30.3 Å². The smallest absolute Gasteiger partial charge is 0.274 e. The molecule has 1 saturated heterocycles. The van der Waals surface area contributed by atoms with Crippen LogP contribution in [0.4, 0.5) is 4.39 Å². The van der Waals surface area contributed by atoms with E-state index in [1.807, 2.05) is 18.2 Å². The third-order valence-electron chi connectivity index (χ3n) is 5.35. The van der Waals surface area contributed by atoms with Crippen molar-refractivity contribution in [2.45, 2.75) is 10.6 Å². The van der Waals surface area contributed by atoms with Crippen LogP contribution in [-0.2, 0) is 20.3 Å². The number of halogens is 1. The molecular formula is C21H18FN3O4S. The number of aromatic nitrogens is 2. The zero-order valence-corrected chi connectivity index (χ0v) is 16.7. The number of benzene rings is 2. The van der Waals surface area contributed by atoms with E-state index < -0.39 is 15.7 Å². The Bertz CT molecular complexity index is 1250. The molecule has 0 unspecified atom stereocenters. The molecule has 0 bridgehead atoms. The van der Waals surface area contributed by atoms with Gasteiger partial charge < -0.3 is 9.64 Å². The predicted octanol–water partition coefficient (Wildman–Crippen LogP) is 2.44. The van der Waals surface area contributed by atoms with E-state index in [2.05, 4.69) is 5.10 Å². The second-order valence-corrected chi connectivity index (χ2v) is 9.19. The van der Waals surface area contributed by atoms with Gasteiger partial charge in [-0.3, -0.25) is 4.79 Å². The number of carbonyl (C=O) groups is 1. The van der Waals surface area contributed by atoms with E-state index in [9.17, 15) is 17.6 Å². The summed E-state index contributed by atoms with van der Waals surface area (Å²) in [5.74, 6) is -1.27. The number of ether oxygens (including phenoxy) is 1. The highest BCUT2D eigenvalue weighted by molar-refractivity contribution is 7.90. The van der Waals surface area contributed by atoms with Crippen LogP contribution in [-0.4, -0.2) is 55.3 Å². The van der Waals surface area contributed by atoms with Gasteiger partial charge in [-0.15, -0.1) is 0 Å². The molecular weight excluding hydrogens is 409 g/mol. The van der Waals surface area contributed by atoms with Crippen LogP contribution >= 0.6 is 0 Å². The molecule has 0 aliphatic carbocycles. The van der Waals surface area contributed by atoms with Crippen molar-refractivity contribution in [1.82, 2.24) is 14.7 Å². The average molecular weight is 427 g/mol. The molecule has 0 saturated carbocycles. The minimum absolute atomic E-state index is 0.0406. The highest BCUT2D eigenvalue weighted by atomic mass is 32.2. The third-order valence-corrected chi connectivity index (χ3v) is 7.05. The molecule has 1 fully saturated rings. The minimum atomic E-state index is -3.74. The predicted molar refractivity (Wildman–Crippen MR) is 107 cm³/mol. The van der Waals surface area contributed by atoms with Gasteiger partial charge in [0, 0.05) is 24.2 Å². The van der Waals surface area contributed by atoms with Crippen LogP contribution in [0.1, 0.15) is 16.1 Å². The Labute approximate surface area is 172 Å². The van der Waals surface area contributed by atoms with E-state index >= 15 is 0 Å². The lowest BCUT2D eigenvalue weighted by Crippen LogP contribution is -2.41. The molecule has 2 aromatic carbocycles. The monoisotopic (exact) mass is 427 g/mol. The van der Waals surface area contributed by atoms with Crippen molar-refractivity contribution in [2.24, 2.45) is 0 Å². The Morgan fingerprint density at radius 3 is 2.53 bits per heavy atom. The quantitative estimate of drug-likeness (QED) is 0.587. The molecule has 0 N–H and O–H groups in total. The summed E-state index contributed by atoms with van der Waals surface area (Å²) in [5.41, 5.74) is 1.68. The first-order valence-corrected chi connectivity index (χ1v) is 11.2. The molecule has 3 heterocycles. The number of sulfone groups is 1. The number of carbonyl (C=O) groups excluding carboxylic acids is 1. The Morgan fingerprint density at radius 2 is 1.80 bits per heavy atom. The van der Waals surface area contributed by atoms with E-state index in [1.54, 1.807) is 17.0 Å². The summed E-state index contributed by atoms with van der Waals surface area (Å²) in [6.07, 6.45) is 0. The summed E-state index contributed by atoms with van der Waals surface area (Å²) in [6.45, 7) is 1.65. The molecule has 7 nitrogen and oxygen atoms in total. The van der Waals surface area contributed by atoms with E-state index in [4.69, 9.17) is 4.74 Å². The molecule has 1 aromatic heterocycles. The van der Waals surface area contributed by atoms with Gasteiger partial charge >= 0.3 is 0 Å². The fourth-order valence-electron chi connectivity index (χ4n) is 3.93.